The molecule has 0 aliphatic rings. The van der Waals surface area contributed by atoms with Gasteiger partial charge in [-0.05, 0) is 36.1 Å². The Morgan fingerprint density at radius 2 is 2.26 bits per heavy atom. The van der Waals surface area contributed by atoms with Gasteiger partial charge in [0, 0.05) is 11.3 Å². The van der Waals surface area contributed by atoms with Crippen LogP contribution in [0.25, 0.3) is 0 Å². The fourth-order valence-corrected chi connectivity index (χ4v) is 3.13. The van der Waals surface area contributed by atoms with Crippen molar-refractivity contribution in [1.82, 2.24) is 5.43 Å². The van der Waals surface area contributed by atoms with Crippen molar-refractivity contribution in [2.75, 3.05) is 6.61 Å². The largest absolute Gasteiger partial charge is 0.494 e. The minimum atomic E-state index is 0.0253. The van der Waals surface area contributed by atoms with Crippen LogP contribution in [0.4, 0.5) is 0 Å². The fourth-order valence-electron chi connectivity index (χ4n) is 1.84. The van der Waals surface area contributed by atoms with Gasteiger partial charge < -0.3 is 4.74 Å². The molecule has 3 nitrogen and oxygen atoms in total. The van der Waals surface area contributed by atoms with E-state index in [1.165, 1.54) is 5.56 Å². The van der Waals surface area contributed by atoms with Crippen LogP contribution in [0, 0.1) is 6.92 Å². The average molecular weight is 297 g/mol. The zero-order chi connectivity index (χ0) is 13.7. The molecule has 1 unspecified atom stereocenters. The van der Waals surface area contributed by atoms with Crippen LogP contribution in [0.5, 0.6) is 5.75 Å². The molecule has 19 heavy (non-hydrogen) atoms. The van der Waals surface area contributed by atoms with Crippen molar-refractivity contribution in [3.8, 4) is 5.75 Å². The molecule has 0 aliphatic heterocycles. The van der Waals surface area contributed by atoms with Gasteiger partial charge in [-0.1, -0.05) is 23.7 Å². The molecule has 3 N–H and O–H groups in total. The number of ether oxygens (including phenoxy) is 1. The first-order valence-electron chi connectivity index (χ1n) is 6.09. The van der Waals surface area contributed by atoms with Crippen molar-refractivity contribution in [3.63, 3.8) is 0 Å². The predicted octanol–water partition coefficient (Wildman–Crippen LogP) is 3.68. The highest BCUT2D eigenvalue weighted by molar-refractivity contribution is 7.10. The minimum absolute atomic E-state index is 0.0253. The molecule has 2 aromatic rings. The Morgan fingerprint density at radius 3 is 2.89 bits per heavy atom. The monoisotopic (exact) mass is 296 g/mol. The number of benzene rings is 1. The molecular formula is C14H17ClN2OS. The topological polar surface area (TPSA) is 47.3 Å². The lowest BCUT2D eigenvalue weighted by molar-refractivity contribution is 0.288. The lowest BCUT2D eigenvalue weighted by atomic mass is 10.2. The lowest BCUT2D eigenvalue weighted by Gasteiger charge is -2.15. The van der Waals surface area contributed by atoms with Crippen molar-refractivity contribution in [2.45, 2.75) is 19.4 Å². The maximum Gasteiger partial charge on any atom is 0.119 e. The van der Waals surface area contributed by atoms with Crippen LogP contribution < -0.4 is 16.0 Å². The van der Waals surface area contributed by atoms with Crippen molar-refractivity contribution < 1.29 is 4.74 Å². The molecule has 0 radical (unpaired) electrons. The summed E-state index contributed by atoms with van der Waals surface area (Å²) in [6, 6.07) is 9.91. The molecule has 0 bridgehead atoms. The van der Waals surface area contributed by atoms with Gasteiger partial charge in [-0.2, -0.15) is 0 Å². The molecule has 5 heteroatoms. The highest BCUT2D eigenvalue weighted by atomic mass is 35.5. The fraction of sp³-hybridized carbons (Fsp3) is 0.286. The molecule has 2 rings (SSSR count). The molecule has 0 fully saturated rings. The molecule has 102 valence electrons. The van der Waals surface area contributed by atoms with E-state index in [1.54, 1.807) is 11.3 Å². The number of rotatable bonds is 6. The number of hydrogen-bond donors (Lipinski definition) is 2. The molecule has 0 saturated heterocycles. The zero-order valence-corrected chi connectivity index (χ0v) is 12.3. The second-order valence-electron chi connectivity index (χ2n) is 4.31. The van der Waals surface area contributed by atoms with E-state index in [-0.39, 0.29) is 6.04 Å². The molecule has 1 aromatic heterocycles. The summed E-state index contributed by atoms with van der Waals surface area (Å²) >= 11 is 7.70. The Morgan fingerprint density at radius 1 is 1.42 bits per heavy atom. The number of thiophene rings is 1. The van der Waals surface area contributed by atoms with Gasteiger partial charge in [-0.25, -0.2) is 0 Å². The first kappa shape index (κ1) is 14.3. The first-order chi connectivity index (χ1) is 9.20. The smallest absolute Gasteiger partial charge is 0.119 e. The highest BCUT2D eigenvalue weighted by Crippen LogP contribution is 2.30. The van der Waals surface area contributed by atoms with Gasteiger partial charge in [0.1, 0.15) is 5.75 Å². The van der Waals surface area contributed by atoms with Crippen LogP contribution in [0.3, 0.4) is 0 Å². The molecule has 0 aliphatic carbocycles. The quantitative estimate of drug-likeness (QED) is 0.631. The Labute approximate surface area is 122 Å². The minimum Gasteiger partial charge on any atom is -0.494 e. The van der Waals surface area contributed by atoms with E-state index in [4.69, 9.17) is 22.2 Å². The second-order valence-corrected chi connectivity index (χ2v) is 5.66. The molecule has 0 amide bonds. The number of nitrogens with two attached hydrogens (primary N) is 1. The Kier molecular flexibility index (Phi) is 5.22. The molecular weight excluding hydrogens is 280 g/mol. The van der Waals surface area contributed by atoms with Crippen molar-refractivity contribution in [3.05, 3.63) is 51.2 Å². The van der Waals surface area contributed by atoms with E-state index in [9.17, 15) is 0 Å². The van der Waals surface area contributed by atoms with Crippen molar-refractivity contribution in [2.24, 2.45) is 5.84 Å². The van der Waals surface area contributed by atoms with E-state index in [0.717, 1.165) is 22.1 Å². The molecule has 0 saturated carbocycles. The van der Waals surface area contributed by atoms with Crippen LogP contribution >= 0.6 is 22.9 Å². The predicted molar refractivity (Wildman–Crippen MR) is 80.7 cm³/mol. The van der Waals surface area contributed by atoms with Gasteiger partial charge in [0.25, 0.3) is 0 Å². The maximum absolute atomic E-state index is 6.10. The summed E-state index contributed by atoms with van der Waals surface area (Å²) in [7, 11) is 0. The van der Waals surface area contributed by atoms with E-state index in [2.05, 4.69) is 5.43 Å². The summed E-state index contributed by atoms with van der Waals surface area (Å²) in [5.41, 5.74) is 3.98. The summed E-state index contributed by atoms with van der Waals surface area (Å²) in [6.07, 6.45) is 0.769. The number of aryl methyl sites for hydroxylation is 1. The summed E-state index contributed by atoms with van der Waals surface area (Å²) in [6.45, 7) is 2.63. The van der Waals surface area contributed by atoms with Gasteiger partial charge in [-0.15, -0.1) is 11.3 Å². The average Bonchev–Trinajstić information content (AvgIpc) is 2.81. The van der Waals surface area contributed by atoms with Gasteiger partial charge in [-0.3, -0.25) is 11.3 Å². The van der Waals surface area contributed by atoms with Gasteiger partial charge in [0.2, 0.25) is 0 Å². The second kappa shape index (κ2) is 6.91. The molecule has 0 spiro atoms. The van der Waals surface area contributed by atoms with E-state index < -0.39 is 0 Å². The number of hydrazine groups is 1. The van der Waals surface area contributed by atoms with Crippen molar-refractivity contribution >= 4 is 22.9 Å². The van der Waals surface area contributed by atoms with E-state index in [1.807, 2.05) is 42.6 Å². The van der Waals surface area contributed by atoms with E-state index in [0.29, 0.717) is 6.61 Å². The normalized spacial score (nSPS) is 12.4. The standard InChI is InChI=1S/C14H17ClN2OS/c1-10-3-2-4-11(9-10)18-7-5-13(17-16)14-12(15)6-8-19-14/h2-4,6,8-9,13,17H,5,7,16H2,1H3. The third kappa shape index (κ3) is 3.94. The SMILES string of the molecule is Cc1cccc(OCCC(NN)c2sccc2Cl)c1. The summed E-state index contributed by atoms with van der Waals surface area (Å²) in [4.78, 5) is 1.05. The van der Waals surface area contributed by atoms with Gasteiger partial charge >= 0.3 is 0 Å². The third-order valence-electron chi connectivity index (χ3n) is 2.83. The lowest BCUT2D eigenvalue weighted by Crippen LogP contribution is -2.28. The number of nitrogens with one attached hydrogen (secondary N) is 1. The van der Waals surface area contributed by atoms with Gasteiger partial charge in [0.15, 0.2) is 0 Å². The van der Waals surface area contributed by atoms with E-state index >= 15 is 0 Å². The van der Waals surface area contributed by atoms with Crippen molar-refractivity contribution in [1.29, 1.82) is 0 Å². The van der Waals surface area contributed by atoms with Crippen LogP contribution in [0.2, 0.25) is 5.02 Å². The van der Waals surface area contributed by atoms with Crippen LogP contribution in [0.1, 0.15) is 22.9 Å². The molecule has 1 aromatic carbocycles. The Balaban J connectivity index is 1.89. The third-order valence-corrected chi connectivity index (χ3v) is 4.30. The van der Waals surface area contributed by atoms with Crippen LogP contribution in [0.15, 0.2) is 35.7 Å². The molecule has 1 heterocycles. The zero-order valence-electron chi connectivity index (χ0n) is 10.7. The summed E-state index contributed by atoms with van der Waals surface area (Å²) in [5, 5.41) is 2.71. The highest BCUT2D eigenvalue weighted by Gasteiger charge is 2.14. The van der Waals surface area contributed by atoms with Crippen LogP contribution in [-0.2, 0) is 0 Å². The summed E-state index contributed by atoms with van der Waals surface area (Å²) < 4.78 is 5.72. The number of halogens is 1. The maximum atomic E-state index is 6.10. The summed E-state index contributed by atoms with van der Waals surface area (Å²) in [5.74, 6) is 6.46. The first-order valence-corrected chi connectivity index (χ1v) is 7.35. The Hall–Kier alpha value is -1.07. The van der Waals surface area contributed by atoms with Gasteiger partial charge in [0.05, 0.1) is 17.7 Å². The van der Waals surface area contributed by atoms with Crippen LogP contribution in [-0.4, -0.2) is 6.61 Å². The Bertz CT molecular complexity index is 530. The molecule has 1 atom stereocenters. The number of hydrogen-bond acceptors (Lipinski definition) is 4.